The zero-order valence-electron chi connectivity index (χ0n) is 19.1. The first kappa shape index (κ1) is 24.7. The molecular weight excluding hydrogens is 532 g/mol. The molecule has 0 N–H and O–H groups in total. The van der Waals surface area contributed by atoms with Crippen molar-refractivity contribution in [2.75, 3.05) is 13.7 Å². The third-order valence-corrected chi connectivity index (χ3v) is 6.95. The van der Waals surface area contributed by atoms with Crippen LogP contribution in [0.2, 0.25) is 0 Å². The summed E-state index contributed by atoms with van der Waals surface area (Å²) in [5.41, 5.74) is 2.64. The van der Waals surface area contributed by atoms with Crippen LogP contribution >= 0.6 is 27.7 Å². The number of hydrogen-bond acceptors (Lipinski definition) is 7. The van der Waals surface area contributed by atoms with Crippen molar-refractivity contribution in [1.82, 2.24) is 14.8 Å². The van der Waals surface area contributed by atoms with Gasteiger partial charge < -0.3 is 9.47 Å². The molecule has 180 valence electrons. The first-order valence-electron chi connectivity index (χ1n) is 10.8. The first-order valence-corrected chi connectivity index (χ1v) is 12.4. The Morgan fingerprint density at radius 1 is 1.06 bits per heavy atom. The Morgan fingerprint density at radius 3 is 2.49 bits per heavy atom. The average molecular weight is 555 g/mol. The fraction of sp³-hybridized carbons (Fsp3) is 0.200. The lowest BCUT2D eigenvalue weighted by Gasteiger charge is -2.17. The number of methoxy groups -OCH3 is 1. The third kappa shape index (κ3) is 6.20. The molecule has 4 aromatic rings. The van der Waals surface area contributed by atoms with Crippen molar-refractivity contribution in [2.45, 2.75) is 23.9 Å². The van der Waals surface area contributed by atoms with Gasteiger partial charge in [0, 0.05) is 15.1 Å². The van der Waals surface area contributed by atoms with Gasteiger partial charge in [-0.05, 0) is 54.4 Å². The fourth-order valence-electron chi connectivity index (χ4n) is 3.51. The summed E-state index contributed by atoms with van der Waals surface area (Å²) >= 11 is 4.72. The van der Waals surface area contributed by atoms with Crippen LogP contribution < -0.4 is 9.47 Å². The predicted octanol–water partition coefficient (Wildman–Crippen LogP) is 6.04. The highest BCUT2D eigenvalue weighted by molar-refractivity contribution is 9.10. The van der Waals surface area contributed by atoms with Crippen LogP contribution in [0.5, 0.6) is 11.5 Å². The maximum absolute atomic E-state index is 11.5. The van der Waals surface area contributed by atoms with Gasteiger partial charge >= 0.3 is 0 Å². The number of ether oxygens (including phenoxy) is 2. The summed E-state index contributed by atoms with van der Waals surface area (Å²) in [6, 6.07) is 22.9. The van der Waals surface area contributed by atoms with Gasteiger partial charge in [0.05, 0.1) is 7.11 Å². The van der Waals surface area contributed by atoms with E-state index < -0.39 is 5.25 Å². The number of benzene rings is 3. The SMILES string of the molecule is COc1cc([C@H](C[N+](=O)[O-])Sc2nnc(C)n2-c2ccccc2)ccc1OCc1ccc(Br)cc1. The molecule has 4 rings (SSSR count). The Labute approximate surface area is 215 Å². The quantitative estimate of drug-likeness (QED) is 0.134. The molecule has 1 aromatic heterocycles. The maximum Gasteiger partial charge on any atom is 0.220 e. The van der Waals surface area contributed by atoms with Crippen molar-refractivity contribution in [1.29, 1.82) is 0 Å². The second-order valence-corrected chi connectivity index (χ2v) is 9.73. The molecule has 0 aliphatic carbocycles. The number of nitro groups is 1. The largest absolute Gasteiger partial charge is 0.493 e. The molecule has 35 heavy (non-hydrogen) atoms. The van der Waals surface area contributed by atoms with Gasteiger partial charge in [-0.15, -0.1) is 10.2 Å². The summed E-state index contributed by atoms with van der Waals surface area (Å²) in [6.07, 6.45) is 0. The number of aryl methyl sites for hydroxylation is 1. The Hall–Kier alpha value is -3.37. The van der Waals surface area contributed by atoms with Gasteiger partial charge in [0.2, 0.25) is 6.54 Å². The zero-order valence-corrected chi connectivity index (χ0v) is 21.5. The summed E-state index contributed by atoms with van der Waals surface area (Å²) in [6.45, 7) is 1.94. The van der Waals surface area contributed by atoms with Gasteiger partial charge in [-0.3, -0.25) is 14.7 Å². The minimum absolute atomic E-state index is 0.284. The van der Waals surface area contributed by atoms with E-state index in [9.17, 15) is 10.1 Å². The van der Waals surface area contributed by atoms with Crippen molar-refractivity contribution in [2.24, 2.45) is 0 Å². The van der Waals surface area contributed by atoms with E-state index in [-0.39, 0.29) is 11.5 Å². The van der Waals surface area contributed by atoms with E-state index in [0.717, 1.165) is 21.3 Å². The molecule has 0 radical (unpaired) electrons. The topological polar surface area (TPSA) is 92.3 Å². The molecule has 0 bridgehead atoms. The molecule has 8 nitrogen and oxygen atoms in total. The second kappa shape index (κ2) is 11.4. The number of nitrogens with zero attached hydrogens (tertiary/aromatic N) is 4. The first-order chi connectivity index (χ1) is 16.9. The molecule has 1 heterocycles. The summed E-state index contributed by atoms with van der Waals surface area (Å²) in [7, 11) is 1.55. The molecule has 0 aliphatic heterocycles. The van der Waals surface area contributed by atoms with E-state index in [1.165, 1.54) is 11.8 Å². The normalized spacial score (nSPS) is 11.7. The van der Waals surface area contributed by atoms with Crippen LogP contribution in [0.3, 0.4) is 0 Å². The van der Waals surface area contributed by atoms with Crippen LogP contribution in [0.1, 0.15) is 22.2 Å². The molecular formula is C25H23BrN4O4S. The van der Waals surface area contributed by atoms with Crippen LogP contribution in [0.4, 0.5) is 0 Å². The molecule has 3 aromatic carbocycles. The van der Waals surface area contributed by atoms with Crippen molar-refractivity contribution < 1.29 is 14.4 Å². The highest BCUT2D eigenvalue weighted by Crippen LogP contribution is 2.39. The molecule has 0 saturated carbocycles. The van der Waals surface area contributed by atoms with Crippen molar-refractivity contribution >= 4 is 27.7 Å². The van der Waals surface area contributed by atoms with Crippen molar-refractivity contribution in [3.63, 3.8) is 0 Å². The lowest BCUT2D eigenvalue weighted by molar-refractivity contribution is -0.479. The van der Waals surface area contributed by atoms with Gasteiger partial charge in [-0.2, -0.15) is 0 Å². The Bertz CT molecular complexity index is 1300. The van der Waals surface area contributed by atoms with E-state index in [0.29, 0.717) is 29.1 Å². The number of rotatable bonds is 10. The highest BCUT2D eigenvalue weighted by Gasteiger charge is 2.25. The van der Waals surface area contributed by atoms with Gasteiger partial charge in [0.25, 0.3) is 0 Å². The summed E-state index contributed by atoms with van der Waals surface area (Å²) in [5, 5.41) is 20.1. The summed E-state index contributed by atoms with van der Waals surface area (Å²) in [4.78, 5) is 11.2. The number of aromatic nitrogens is 3. The van der Waals surface area contributed by atoms with Crippen LogP contribution in [0, 0.1) is 17.0 Å². The number of thioether (sulfide) groups is 1. The van der Waals surface area contributed by atoms with E-state index >= 15 is 0 Å². The fourth-order valence-corrected chi connectivity index (χ4v) is 4.94. The number of hydrogen-bond donors (Lipinski definition) is 0. The lowest BCUT2D eigenvalue weighted by Crippen LogP contribution is -2.11. The standard InChI is InChI=1S/C25H23BrN4O4S/c1-17-27-28-25(30(17)21-6-4-3-5-7-21)35-24(15-29(31)32)19-10-13-22(23(14-19)33-2)34-16-18-8-11-20(26)12-9-18/h3-14,24H,15-16H2,1-2H3/t24-/m0/s1. The monoisotopic (exact) mass is 554 g/mol. The minimum Gasteiger partial charge on any atom is -0.493 e. The molecule has 0 saturated heterocycles. The van der Waals surface area contributed by atoms with Crippen LogP contribution in [0.15, 0.2) is 82.4 Å². The van der Waals surface area contributed by atoms with Gasteiger partial charge in [0.1, 0.15) is 17.7 Å². The Morgan fingerprint density at radius 2 is 1.80 bits per heavy atom. The highest BCUT2D eigenvalue weighted by atomic mass is 79.9. The Balaban J connectivity index is 1.59. The van der Waals surface area contributed by atoms with Gasteiger partial charge in [0.15, 0.2) is 16.7 Å². The lowest BCUT2D eigenvalue weighted by atomic mass is 10.1. The zero-order chi connectivity index (χ0) is 24.8. The molecule has 1 atom stereocenters. The third-order valence-electron chi connectivity index (χ3n) is 5.24. The predicted molar refractivity (Wildman–Crippen MR) is 138 cm³/mol. The summed E-state index contributed by atoms with van der Waals surface area (Å²) < 4.78 is 14.4. The molecule has 0 aliphatic rings. The number of para-hydroxylation sites is 1. The molecule has 0 unspecified atom stereocenters. The minimum atomic E-state index is -0.509. The molecule has 10 heteroatoms. The molecule has 0 fully saturated rings. The van der Waals surface area contributed by atoms with E-state index in [4.69, 9.17) is 9.47 Å². The smallest absolute Gasteiger partial charge is 0.220 e. The van der Waals surface area contributed by atoms with Crippen molar-refractivity contribution in [3.05, 3.63) is 104 Å². The van der Waals surface area contributed by atoms with Crippen LogP contribution in [-0.2, 0) is 6.61 Å². The van der Waals surface area contributed by atoms with Gasteiger partial charge in [-0.25, -0.2) is 0 Å². The van der Waals surface area contributed by atoms with E-state index in [2.05, 4.69) is 26.1 Å². The van der Waals surface area contributed by atoms with Crippen LogP contribution in [0.25, 0.3) is 5.69 Å². The van der Waals surface area contributed by atoms with Gasteiger partial charge in [-0.1, -0.05) is 64.1 Å². The van der Waals surface area contributed by atoms with Crippen LogP contribution in [-0.4, -0.2) is 33.3 Å². The van der Waals surface area contributed by atoms with E-state index in [1.54, 1.807) is 19.2 Å². The summed E-state index contributed by atoms with van der Waals surface area (Å²) in [5.74, 6) is 1.77. The number of halogens is 1. The molecule has 0 amide bonds. The van der Waals surface area contributed by atoms with Crippen molar-refractivity contribution in [3.8, 4) is 17.2 Å². The molecule has 0 spiro atoms. The average Bonchev–Trinajstić information content (AvgIpc) is 3.23. The second-order valence-electron chi connectivity index (χ2n) is 7.65. The Kier molecular flexibility index (Phi) is 8.04. The van der Waals surface area contributed by atoms with E-state index in [1.807, 2.05) is 72.2 Å². The maximum atomic E-state index is 11.5.